The van der Waals surface area contributed by atoms with Crippen molar-refractivity contribution in [2.75, 3.05) is 0 Å². The van der Waals surface area contributed by atoms with Gasteiger partial charge in [-0.15, -0.1) is 0 Å². The Morgan fingerprint density at radius 3 is 1.11 bits per heavy atom. The van der Waals surface area contributed by atoms with Crippen LogP contribution in [0.25, 0.3) is 11.1 Å². The van der Waals surface area contributed by atoms with Crippen molar-refractivity contribution in [3.8, 4) is 34.1 Å². The van der Waals surface area contributed by atoms with E-state index in [-0.39, 0.29) is 55.6 Å². The summed E-state index contributed by atoms with van der Waals surface area (Å²) in [5.41, 5.74) is -2.79. The second-order valence-corrected chi connectivity index (χ2v) is 10.9. The molecule has 0 unspecified atom stereocenters. The van der Waals surface area contributed by atoms with E-state index in [1.807, 2.05) is 0 Å². The Balaban J connectivity index is 1.56. The van der Waals surface area contributed by atoms with Crippen LogP contribution in [0.5, 0.6) is 23.0 Å². The van der Waals surface area contributed by atoms with Crippen LogP contribution in [0.15, 0.2) is 36.4 Å². The Morgan fingerprint density at radius 1 is 0.477 bits per heavy atom. The van der Waals surface area contributed by atoms with Gasteiger partial charge in [-0.05, 0) is 75.2 Å². The van der Waals surface area contributed by atoms with E-state index < -0.39 is 80.0 Å². The summed E-state index contributed by atoms with van der Waals surface area (Å²) in [7, 11) is 0. The van der Waals surface area contributed by atoms with Crippen LogP contribution in [0.3, 0.4) is 0 Å². The molecule has 0 saturated carbocycles. The van der Waals surface area contributed by atoms with Crippen LogP contribution in [-0.2, 0) is 0 Å². The summed E-state index contributed by atoms with van der Waals surface area (Å²) in [5.74, 6) is -7.06. The van der Waals surface area contributed by atoms with Crippen LogP contribution in [0.1, 0.15) is 109 Å². The lowest BCUT2D eigenvalue weighted by Gasteiger charge is -2.25. The molecule has 4 aromatic rings. The summed E-state index contributed by atoms with van der Waals surface area (Å²) in [4.78, 5) is 79.2. The van der Waals surface area contributed by atoms with Gasteiger partial charge in [-0.2, -0.15) is 0 Å². The van der Waals surface area contributed by atoms with E-state index in [0.29, 0.717) is 0 Å². The van der Waals surface area contributed by atoms with Gasteiger partial charge in [0, 0.05) is 44.5 Å². The SMILES string of the molecule is CC(=O)c1c(C)cc(O)c2c1C(=O)c1ccc(-c3ccc4c(c3O)C(=O)c3c(O)cc(C)c(C(C)=O)c3C4=O)c(O)c1C2=O. The van der Waals surface area contributed by atoms with Gasteiger partial charge in [0.25, 0.3) is 0 Å². The maximum Gasteiger partial charge on any atom is 0.202 e. The smallest absolute Gasteiger partial charge is 0.202 e. The van der Waals surface area contributed by atoms with Crippen molar-refractivity contribution in [2.24, 2.45) is 0 Å². The maximum atomic E-state index is 13.7. The van der Waals surface area contributed by atoms with Gasteiger partial charge in [-0.1, -0.05) is 0 Å². The molecule has 0 fully saturated rings. The number of carbonyl (C=O) groups excluding carboxylic acids is 6. The van der Waals surface area contributed by atoms with Crippen molar-refractivity contribution in [1.29, 1.82) is 0 Å². The van der Waals surface area contributed by atoms with Gasteiger partial charge in [0.2, 0.25) is 11.6 Å². The number of phenolic OH excluding ortho intramolecular Hbond substituents is 4. The van der Waals surface area contributed by atoms with Crippen molar-refractivity contribution >= 4 is 34.7 Å². The van der Waals surface area contributed by atoms with E-state index in [1.54, 1.807) is 0 Å². The molecule has 10 nitrogen and oxygen atoms in total. The lowest BCUT2D eigenvalue weighted by molar-refractivity contribution is 0.0962. The van der Waals surface area contributed by atoms with Gasteiger partial charge >= 0.3 is 0 Å². The van der Waals surface area contributed by atoms with Gasteiger partial charge in [-0.25, -0.2) is 0 Å². The van der Waals surface area contributed by atoms with Gasteiger partial charge in [0.15, 0.2) is 23.1 Å². The normalized spacial score (nSPS) is 13.3. The molecule has 0 atom stereocenters. The number of benzene rings is 4. The van der Waals surface area contributed by atoms with Crippen molar-refractivity contribution < 1.29 is 49.2 Å². The molecule has 0 spiro atoms. The molecule has 44 heavy (non-hydrogen) atoms. The fraction of sp³-hybridized carbons (Fsp3) is 0.118. The zero-order valence-electron chi connectivity index (χ0n) is 23.7. The molecule has 218 valence electrons. The highest BCUT2D eigenvalue weighted by atomic mass is 16.3. The summed E-state index contributed by atoms with van der Waals surface area (Å²) in [5, 5.41) is 43.9. The van der Waals surface area contributed by atoms with Crippen LogP contribution in [0.2, 0.25) is 0 Å². The van der Waals surface area contributed by atoms with Crippen molar-refractivity contribution in [3.05, 3.63) is 103 Å². The van der Waals surface area contributed by atoms with Crippen LogP contribution in [-0.4, -0.2) is 55.1 Å². The van der Waals surface area contributed by atoms with Crippen molar-refractivity contribution in [3.63, 3.8) is 0 Å². The number of rotatable bonds is 3. The van der Waals surface area contributed by atoms with E-state index in [2.05, 4.69) is 0 Å². The first-order valence-electron chi connectivity index (χ1n) is 13.3. The fourth-order valence-electron chi connectivity index (χ4n) is 6.40. The third-order valence-electron chi connectivity index (χ3n) is 8.21. The number of aryl methyl sites for hydroxylation is 2. The number of hydrogen-bond acceptors (Lipinski definition) is 10. The predicted octanol–water partition coefficient (Wildman–Crippen LogP) is 4.75. The molecule has 0 bridgehead atoms. The Morgan fingerprint density at radius 2 is 0.795 bits per heavy atom. The van der Waals surface area contributed by atoms with Gasteiger partial charge < -0.3 is 20.4 Å². The largest absolute Gasteiger partial charge is 0.507 e. The first-order valence-corrected chi connectivity index (χ1v) is 13.3. The Kier molecular flexibility index (Phi) is 5.97. The molecule has 0 heterocycles. The highest BCUT2D eigenvalue weighted by Crippen LogP contribution is 2.48. The topological polar surface area (TPSA) is 183 Å². The summed E-state index contributed by atoms with van der Waals surface area (Å²) >= 11 is 0. The van der Waals surface area contributed by atoms with Gasteiger partial charge in [0.05, 0.1) is 22.3 Å². The van der Waals surface area contributed by atoms with Crippen LogP contribution >= 0.6 is 0 Å². The van der Waals surface area contributed by atoms with Crippen LogP contribution < -0.4 is 0 Å². The number of fused-ring (bicyclic) bond motifs is 4. The number of carbonyl (C=O) groups is 6. The number of phenols is 4. The second kappa shape index (κ2) is 9.30. The van der Waals surface area contributed by atoms with E-state index in [1.165, 1.54) is 64.1 Å². The minimum atomic E-state index is -0.941. The molecule has 0 amide bonds. The van der Waals surface area contributed by atoms with Crippen molar-refractivity contribution in [1.82, 2.24) is 0 Å². The van der Waals surface area contributed by atoms with E-state index in [4.69, 9.17) is 0 Å². The predicted molar refractivity (Wildman–Crippen MR) is 155 cm³/mol. The third kappa shape index (κ3) is 3.54. The van der Waals surface area contributed by atoms with Crippen LogP contribution in [0.4, 0.5) is 0 Å². The zero-order chi connectivity index (χ0) is 32.1. The first kappa shape index (κ1) is 28.2. The Hall–Kier alpha value is -5.90. The number of aromatic hydroxyl groups is 4. The zero-order valence-corrected chi connectivity index (χ0v) is 23.7. The molecule has 0 aromatic heterocycles. The van der Waals surface area contributed by atoms with E-state index in [0.717, 1.165) is 0 Å². The lowest BCUT2D eigenvalue weighted by atomic mass is 9.76. The Labute approximate surface area is 248 Å². The monoisotopic (exact) mass is 590 g/mol. The molecule has 2 aliphatic rings. The highest BCUT2D eigenvalue weighted by Gasteiger charge is 2.41. The van der Waals surface area contributed by atoms with Crippen molar-refractivity contribution in [2.45, 2.75) is 27.7 Å². The maximum absolute atomic E-state index is 13.7. The molecule has 4 N–H and O–H groups in total. The number of Topliss-reactive ketones (excluding diaryl/α,β-unsaturated/α-hetero) is 2. The Bertz CT molecular complexity index is 2000. The minimum absolute atomic E-state index is 0.0347. The molecule has 2 aliphatic carbocycles. The molecular weight excluding hydrogens is 568 g/mol. The minimum Gasteiger partial charge on any atom is -0.507 e. The quantitative estimate of drug-likeness (QED) is 0.210. The third-order valence-corrected chi connectivity index (χ3v) is 8.21. The van der Waals surface area contributed by atoms with E-state index >= 15 is 0 Å². The highest BCUT2D eigenvalue weighted by molar-refractivity contribution is 6.34. The van der Waals surface area contributed by atoms with E-state index in [9.17, 15) is 49.2 Å². The molecule has 0 radical (unpaired) electrons. The molecule has 4 aromatic carbocycles. The van der Waals surface area contributed by atoms with Gasteiger partial charge in [-0.3, -0.25) is 28.8 Å². The van der Waals surface area contributed by atoms with Crippen LogP contribution in [0, 0.1) is 13.8 Å². The summed E-state index contributed by atoms with van der Waals surface area (Å²) in [6.45, 7) is 5.46. The summed E-state index contributed by atoms with van der Waals surface area (Å²) < 4.78 is 0. The molecule has 0 aliphatic heterocycles. The molecular formula is C34H22O10. The standard InChI is InChI=1S/C34H22O10/c1-11-9-19(37)25-27(21(11)13(3)35)31(41)17-7-5-15(29(39)23(17)33(25)43)16-6-8-18-24(30(16)40)34(44)26-20(38)10-12(2)22(14(4)36)28(26)32(18)42/h5-10,37-40H,1-4H3. The number of ketones is 6. The number of hydrogen-bond donors (Lipinski definition) is 4. The second-order valence-electron chi connectivity index (χ2n) is 10.9. The lowest BCUT2D eigenvalue weighted by Crippen LogP contribution is -2.25. The summed E-state index contributed by atoms with van der Waals surface area (Å²) in [6, 6.07) is 7.24. The summed E-state index contributed by atoms with van der Waals surface area (Å²) in [6.07, 6.45) is 0. The molecule has 0 saturated heterocycles. The first-order chi connectivity index (χ1) is 20.7. The molecule has 6 rings (SSSR count). The average molecular weight is 591 g/mol. The molecule has 10 heteroatoms. The fourth-order valence-corrected chi connectivity index (χ4v) is 6.40. The van der Waals surface area contributed by atoms with Gasteiger partial charge in [0.1, 0.15) is 23.0 Å². The average Bonchev–Trinajstić information content (AvgIpc) is 2.93.